The van der Waals surface area contributed by atoms with Crippen molar-refractivity contribution in [2.24, 2.45) is 12.0 Å². The number of aryl methyl sites for hydroxylation is 2. The van der Waals surface area contributed by atoms with Crippen LogP contribution >= 0.6 is 0 Å². The lowest BCUT2D eigenvalue weighted by molar-refractivity contribution is 0.565. The van der Waals surface area contributed by atoms with Gasteiger partial charge in [-0.2, -0.15) is 4.99 Å². The standard InChI is InChI=1S/C12H10N2O2/c1-8-9-5-3-4-6-10(9)14(2)12(16)11(8)13-7-15/h3-6H,1-2H3. The lowest BCUT2D eigenvalue weighted by atomic mass is 10.1. The van der Waals surface area contributed by atoms with Crippen LogP contribution in [0.4, 0.5) is 5.69 Å². The van der Waals surface area contributed by atoms with Crippen LogP contribution in [-0.2, 0) is 11.8 Å². The summed E-state index contributed by atoms with van der Waals surface area (Å²) in [5.74, 6) is 0. The van der Waals surface area contributed by atoms with Gasteiger partial charge in [0.15, 0.2) is 0 Å². The van der Waals surface area contributed by atoms with E-state index in [0.29, 0.717) is 5.56 Å². The summed E-state index contributed by atoms with van der Waals surface area (Å²) in [6, 6.07) is 7.50. The maximum Gasteiger partial charge on any atom is 0.277 e. The summed E-state index contributed by atoms with van der Waals surface area (Å²) >= 11 is 0. The Labute approximate surface area is 91.9 Å². The minimum Gasteiger partial charge on any atom is -0.309 e. The van der Waals surface area contributed by atoms with Crippen LogP contribution in [0.3, 0.4) is 0 Å². The lowest BCUT2D eigenvalue weighted by Gasteiger charge is -2.08. The molecule has 4 nitrogen and oxygen atoms in total. The highest BCUT2D eigenvalue weighted by Gasteiger charge is 2.10. The van der Waals surface area contributed by atoms with Gasteiger partial charge in [0, 0.05) is 12.4 Å². The highest BCUT2D eigenvalue weighted by molar-refractivity contribution is 5.86. The first-order valence-corrected chi connectivity index (χ1v) is 4.83. The van der Waals surface area contributed by atoms with Gasteiger partial charge in [0.05, 0.1) is 5.52 Å². The van der Waals surface area contributed by atoms with Crippen molar-refractivity contribution in [2.45, 2.75) is 6.92 Å². The Hall–Kier alpha value is -2.19. The fraction of sp³-hybridized carbons (Fsp3) is 0.167. The van der Waals surface area contributed by atoms with E-state index in [1.54, 1.807) is 14.0 Å². The molecule has 0 N–H and O–H groups in total. The fourth-order valence-electron chi connectivity index (χ4n) is 1.82. The normalized spacial score (nSPS) is 10.1. The number of pyridine rings is 1. The van der Waals surface area contributed by atoms with Crippen LogP contribution < -0.4 is 5.56 Å². The molecule has 4 heteroatoms. The molecular weight excluding hydrogens is 204 g/mol. The number of aliphatic imine (C=N–C) groups is 1. The zero-order valence-corrected chi connectivity index (χ0v) is 9.02. The minimum absolute atomic E-state index is 0.163. The molecule has 0 aliphatic heterocycles. The number of benzene rings is 1. The van der Waals surface area contributed by atoms with Crippen LogP contribution in [0.15, 0.2) is 34.1 Å². The Balaban J connectivity index is 3.06. The number of isocyanates is 1. The number of fused-ring (bicyclic) bond motifs is 1. The van der Waals surface area contributed by atoms with Gasteiger partial charge in [0.25, 0.3) is 5.56 Å². The Morgan fingerprint density at radius 3 is 2.69 bits per heavy atom. The number of carbonyl (C=O) groups excluding carboxylic acids is 1. The summed E-state index contributed by atoms with van der Waals surface area (Å²) in [6.45, 7) is 1.78. The van der Waals surface area contributed by atoms with Gasteiger partial charge < -0.3 is 4.57 Å². The van der Waals surface area contributed by atoms with Crippen molar-refractivity contribution in [3.05, 3.63) is 40.2 Å². The molecular formula is C12H10N2O2. The second-order valence-electron chi connectivity index (χ2n) is 3.56. The van der Waals surface area contributed by atoms with Crippen molar-refractivity contribution < 1.29 is 4.79 Å². The van der Waals surface area contributed by atoms with E-state index in [1.165, 1.54) is 10.6 Å². The van der Waals surface area contributed by atoms with Crippen molar-refractivity contribution in [3.8, 4) is 0 Å². The van der Waals surface area contributed by atoms with Gasteiger partial charge in [0.2, 0.25) is 6.08 Å². The predicted molar refractivity (Wildman–Crippen MR) is 61.7 cm³/mol. The highest BCUT2D eigenvalue weighted by atomic mass is 16.1. The average molecular weight is 214 g/mol. The van der Waals surface area contributed by atoms with Crippen molar-refractivity contribution in [1.82, 2.24) is 4.57 Å². The Morgan fingerprint density at radius 1 is 1.31 bits per heavy atom. The molecule has 0 aliphatic rings. The molecule has 0 fully saturated rings. The Bertz CT molecular complexity index is 665. The van der Waals surface area contributed by atoms with Crippen LogP contribution in [-0.4, -0.2) is 10.6 Å². The number of hydrogen-bond donors (Lipinski definition) is 0. The molecule has 2 aromatic rings. The number of hydrogen-bond acceptors (Lipinski definition) is 3. The molecule has 80 valence electrons. The SMILES string of the molecule is Cc1c(N=C=O)c(=O)n(C)c2ccccc12. The van der Waals surface area contributed by atoms with E-state index in [0.717, 1.165) is 10.9 Å². The monoisotopic (exact) mass is 214 g/mol. The van der Waals surface area contributed by atoms with E-state index < -0.39 is 0 Å². The largest absolute Gasteiger partial charge is 0.309 e. The van der Waals surface area contributed by atoms with E-state index >= 15 is 0 Å². The minimum atomic E-state index is -0.278. The van der Waals surface area contributed by atoms with E-state index in [4.69, 9.17) is 0 Å². The smallest absolute Gasteiger partial charge is 0.277 e. The molecule has 0 atom stereocenters. The molecule has 0 radical (unpaired) electrons. The van der Waals surface area contributed by atoms with Gasteiger partial charge in [0.1, 0.15) is 5.69 Å². The molecule has 0 spiro atoms. The van der Waals surface area contributed by atoms with E-state index in [2.05, 4.69) is 4.99 Å². The quantitative estimate of drug-likeness (QED) is 0.537. The summed E-state index contributed by atoms with van der Waals surface area (Å²) in [4.78, 5) is 25.6. The molecule has 1 aromatic heterocycles. The maximum absolute atomic E-state index is 11.9. The van der Waals surface area contributed by atoms with Crippen LogP contribution in [0.5, 0.6) is 0 Å². The van der Waals surface area contributed by atoms with Crippen LogP contribution in [0.1, 0.15) is 5.56 Å². The van der Waals surface area contributed by atoms with E-state index in [-0.39, 0.29) is 11.2 Å². The molecule has 0 amide bonds. The van der Waals surface area contributed by atoms with Gasteiger partial charge in [-0.3, -0.25) is 4.79 Å². The molecule has 1 aromatic carbocycles. The van der Waals surface area contributed by atoms with Gasteiger partial charge in [-0.1, -0.05) is 18.2 Å². The number of aromatic nitrogens is 1. The van der Waals surface area contributed by atoms with Gasteiger partial charge in [-0.25, -0.2) is 4.79 Å². The van der Waals surface area contributed by atoms with E-state index in [9.17, 15) is 9.59 Å². The Kier molecular flexibility index (Phi) is 2.43. The molecule has 0 bridgehead atoms. The lowest BCUT2D eigenvalue weighted by Crippen LogP contribution is -2.17. The topological polar surface area (TPSA) is 51.4 Å². The molecule has 0 aliphatic carbocycles. The van der Waals surface area contributed by atoms with Crippen molar-refractivity contribution in [3.63, 3.8) is 0 Å². The first kappa shape index (κ1) is 10.3. The number of rotatable bonds is 1. The average Bonchev–Trinajstić information content (AvgIpc) is 2.32. The molecule has 2 rings (SSSR count). The number of nitrogens with zero attached hydrogens (tertiary/aromatic N) is 2. The number of para-hydroxylation sites is 1. The summed E-state index contributed by atoms with van der Waals surface area (Å²) in [6.07, 6.45) is 1.42. The van der Waals surface area contributed by atoms with Gasteiger partial charge in [-0.15, -0.1) is 0 Å². The highest BCUT2D eigenvalue weighted by Crippen LogP contribution is 2.22. The van der Waals surface area contributed by atoms with Crippen LogP contribution in [0, 0.1) is 6.92 Å². The zero-order chi connectivity index (χ0) is 11.7. The molecule has 0 saturated carbocycles. The first-order valence-electron chi connectivity index (χ1n) is 4.83. The second-order valence-corrected chi connectivity index (χ2v) is 3.56. The third-order valence-corrected chi connectivity index (χ3v) is 2.69. The summed E-state index contributed by atoms with van der Waals surface area (Å²) < 4.78 is 1.48. The van der Waals surface area contributed by atoms with Crippen molar-refractivity contribution >= 4 is 22.7 Å². The summed E-state index contributed by atoms with van der Waals surface area (Å²) in [5.41, 5.74) is 1.42. The van der Waals surface area contributed by atoms with Crippen LogP contribution in [0.2, 0.25) is 0 Å². The fourth-order valence-corrected chi connectivity index (χ4v) is 1.82. The first-order chi connectivity index (χ1) is 7.66. The molecule has 16 heavy (non-hydrogen) atoms. The van der Waals surface area contributed by atoms with Gasteiger partial charge in [-0.05, 0) is 18.6 Å². The molecule has 0 saturated heterocycles. The third-order valence-electron chi connectivity index (χ3n) is 2.69. The summed E-state index contributed by atoms with van der Waals surface area (Å²) in [7, 11) is 1.66. The van der Waals surface area contributed by atoms with Crippen molar-refractivity contribution in [2.75, 3.05) is 0 Å². The van der Waals surface area contributed by atoms with Crippen LogP contribution in [0.25, 0.3) is 10.9 Å². The molecule has 0 unspecified atom stereocenters. The zero-order valence-electron chi connectivity index (χ0n) is 9.02. The Morgan fingerprint density at radius 2 is 2.00 bits per heavy atom. The third kappa shape index (κ3) is 1.36. The van der Waals surface area contributed by atoms with Crippen molar-refractivity contribution in [1.29, 1.82) is 0 Å². The maximum atomic E-state index is 11.9. The summed E-state index contributed by atoms with van der Waals surface area (Å²) in [5, 5.41) is 0.915. The van der Waals surface area contributed by atoms with Gasteiger partial charge >= 0.3 is 0 Å². The predicted octanol–water partition coefficient (Wildman–Crippen LogP) is 1.81. The second kappa shape index (κ2) is 3.76. The molecule has 1 heterocycles. The van der Waals surface area contributed by atoms with E-state index in [1.807, 2.05) is 24.3 Å².